The van der Waals surface area contributed by atoms with E-state index < -0.39 is 5.54 Å². The number of amides is 2. The van der Waals surface area contributed by atoms with Gasteiger partial charge in [-0.1, -0.05) is 36.4 Å². The number of hydrogen-bond acceptors (Lipinski definition) is 3. The van der Waals surface area contributed by atoms with E-state index in [2.05, 4.69) is 0 Å². The van der Waals surface area contributed by atoms with Crippen molar-refractivity contribution in [3.8, 4) is 11.1 Å². The first-order valence-electron chi connectivity index (χ1n) is 9.39. The molecule has 4 rings (SSSR count). The summed E-state index contributed by atoms with van der Waals surface area (Å²) < 4.78 is 13.1. The van der Waals surface area contributed by atoms with Crippen molar-refractivity contribution in [1.82, 2.24) is 9.80 Å². The second-order valence-electron chi connectivity index (χ2n) is 7.72. The predicted molar refractivity (Wildman–Crippen MR) is 103 cm³/mol. The molecule has 2 aromatic carbocycles. The highest BCUT2D eigenvalue weighted by Gasteiger charge is 2.67. The second kappa shape index (κ2) is 6.71. The lowest BCUT2D eigenvalue weighted by molar-refractivity contribution is -0.200. The molecule has 28 heavy (non-hydrogen) atoms. The van der Waals surface area contributed by atoms with E-state index in [1.807, 2.05) is 24.3 Å². The molecule has 0 unspecified atom stereocenters. The van der Waals surface area contributed by atoms with Crippen molar-refractivity contribution in [2.75, 3.05) is 19.7 Å². The molecular weight excluding hydrogens is 359 g/mol. The van der Waals surface area contributed by atoms with Gasteiger partial charge in [0.1, 0.15) is 5.82 Å². The predicted octanol–water partition coefficient (Wildman–Crippen LogP) is 2.40. The minimum absolute atomic E-state index is 0.00742. The van der Waals surface area contributed by atoms with Crippen molar-refractivity contribution in [1.29, 1.82) is 0 Å². The summed E-state index contributed by atoms with van der Waals surface area (Å²) in [5.41, 5.74) is 2.49. The van der Waals surface area contributed by atoms with E-state index in [1.54, 1.807) is 21.9 Å². The van der Waals surface area contributed by atoms with Crippen molar-refractivity contribution in [3.63, 3.8) is 0 Å². The Morgan fingerprint density at radius 3 is 2.00 bits per heavy atom. The second-order valence-corrected chi connectivity index (χ2v) is 7.72. The van der Waals surface area contributed by atoms with Crippen LogP contribution < -0.4 is 0 Å². The van der Waals surface area contributed by atoms with Crippen LogP contribution in [0.15, 0.2) is 48.5 Å². The van der Waals surface area contributed by atoms with Crippen LogP contribution in [0.25, 0.3) is 11.1 Å². The largest absolute Gasteiger partial charge is 0.394 e. The maximum Gasteiger partial charge on any atom is 0.220 e. The quantitative estimate of drug-likeness (QED) is 0.887. The molecule has 2 atom stereocenters. The van der Waals surface area contributed by atoms with E-state index in [4.69, 9.17) is 0 Å². The summed E-state index contributed by atoms with van der Waals surface area (Å²) in [5, 5.41) is 9.91. The smallest absolute Gasteiger partial charge is 0.220 e. The number of carbonyl (C=O) groups is 2. The zero-order chi connectivity index (χ0) is 20.1. The standard InChI is InChI=1S/C22H23FN2O3/c1-14(27)24-12-22(13-24)21(20(11-26)25(22)15(2)28)18-5-3-16(4-6-18)17-7-9-19(23)10-8-17/h3-10,20-21,26H,11-13H2,1-2H3/t20-,21-/m1/s1. The molecule has 0 aliphatic carbocycles. The Morgan fingerprint density at radius 1 is 1.00 bits per heavy atom. The van der Waals surface area contributed by atoms with Gasteiger partial charge in [0.05, 0.1) is 18.2 Å². The molecule has 2 fully saturated rings. The third kappa shape index (κ3) is 2.71. The van der Waals surface area contributed by atoms with Crippen LogP contribution in [0.5, 0.6) is 0 Å². The zero-order valence-corrected chi connectivity index (χ0v) is 15.9. The summed E-state index contributed by atoms with van der Waals surface area (Å²) in [6.45, 7) is 3.89. The van der Waals surface area contributed by atoms with Crippen LogP contribution >= 0.6 is 0 Å². The molecule has 0 aromatic heterocycles. The molecule has 0 bridgehead atoms. The van der Waals surface area contributed by atoms with Crippen LogP contribution in [-0.4, -0.2) is 58.0 Å². The molecule has 2 saturated heterocycles. The third-order valence-electron chi connectivity index (χ3n) is 6.12. The Morgan fingerprint density at radius 2 is 1.54 bits per heavy atom. The van der Waals surface area contributed by atoms with Gasteiger partial charge in [-0.15, -0.1) is 0 Å². The lowest BCUT2D eigenvalue weighted by Crippen LogP contribution is -2.85. The van der Waals surface area contributed by atoms with E-state index in [9.17, 15) is 19.1 Å². The maximum atomic E-state index is 13.1. The third-order valence-corrected chi connectivity index (χ3v) is 6.12. The highest BCUT2D eigenvalue weighted by atomic mass is 19.1. The Kier molecular flexibility index (Phi) is 4.46. The maximum absolute atomic E-state index is 13.1. The molecule has 5 nitrogen and oxygen atoms in total. The number of benzene rings is 2. The molecule has 1 spiro atoms. The van der Waals surface area contributed by atoms with Crippen molar-refractivity contribution in [2.45, 2.75) is 31.3 Å². The topological polar surface area (TPSA) is 60.9 Å². The summed E-state index contributed by atoms with van der Waals surface area (Å²) in [6, 6.07) is 14.0. The van der Waals surface area contributed by atoms with Gasteiger partial charge in [0.2, 0.25) is 11.8 Å². The number of likely N-dealkylation sites (tertiary alicyclic amines) is 2. The van der Waals surface area contributed by atoms with Gasteiger partial charge >= 0.3 is 0 Å². The first-order chi connectivity index (χ1) is 13.4. The van der Waals surface area contributed by atoms with Crippen molar-refractivity contribution in [2.24, 2.45) is 0 Å². The first kappa shape index (κ1) is 18.6. The van der Waals surface area contributed by atoms with E-state index in [0.717, 1.165) is 16.7 Å². The van der Waals surface area contributed by atoms with Crippen LogP contribution in [0.3, 0.4) is 0 Å². The van der Waals surface area contributed by atoms with Gasteiger partial charge in [-0.3, -0.25) is 9.59 Å². The summed E-state index contributed by atoms with van der Waals surface area (Å²) in [4.78, 5) is 27.4. The van der Waals surface area contributed by atoms with E-state index in [0.29, 0.717) is 13.1 Å². The van der Waals surface area contributed by atoms with E-state index in [-0.39, 0.29) is 36.2 Å². The number of nitrogens with zero attached hydrogens (tertiary/aromatic N) is 2. The number of aliphatic hydroxyl groups excluding tert-OH is 1. The van der Waals surface area contributed by atoms with Gasteiger partial charge in [0.15, 0.2) is 0 Å². The van der Waals surface area contributed by atoms with Crippen LogP contribution in [0.1, 0.15) is 25.3 Å². The summed E-state index contributed by atoms with van der Waals surface area (Å²) in [7, 11) is 0. The molecule has 6 heteroatoms. The zero-order valence-electron chi connectivity index (χ0n) is 15.9. The van der Waals surface area contributed by atoms with Crippen LogP contribution in [-0.2, 0) is 9.59 Å². The Hall–Kier alpha value is -2.73. The highest BCUT2D eigenvalue weighted by Crippen LogP contribution is 2.53. The lowest BCUT2D eigenvalue weighted by Gasteiger charge is -2.70. The van der Waals surface area contributed by atoms with Crippen molar-refractivity contribution >= 4 is 11.8 Å². The molecule has 2 amide bonds. The highest BCUT2D eigenvalue weighted by molar-refractivity contribution is 5.80. The average Bonchev–Trinajstić information content (AvgIpc) is 2.60. The van der Waals surface area contributed by atoms with Crippen molar-refractivity contribution in [3.05, 3.63) is 59.9 Å². The van der Waals surface area contributed by atoms with Gasteiger partial charge in [-0.25, -0.2) is 4.39 Å². The SMILES string of the molecule is CC(=O)N1CC2(C1)[C@H](c1ccc(-c3ccc(F)cc3)cc1)[C@@H](CO)N2C(C)=O. The molecule has 2 aliphatic heterocycles. The lowest BCUT2D eigenvalue weighted by atomic mass is 9.60. The Bertz CT molecular complexity index is 904. The molecule has 2 heterocycles. The number of halogens is 1. The van der Waals surface area contributed by atoms with Crippen molar-refractivity contribution < 1.29 is 19.1 Å². The van der Waals surface area contributed by atoms with Gasteiger partial charge in [-0.05, 0) is 28.8 Å². The summed E-state index contributed by atoms with van der Waals surface area (Å²) in [5.74, 6) is -0.389. The van der Waals surface area contributed by atoms with Gasteiger partial charge in [0.25, 0.3) is 0 Å². The molecule has 146 valence electrons. The summed E-state index contributed by atoms with van der Waals surface area (Å²) >= 11 is 0. The van der Waals surface area contributed by atoms with Crippen LogP contribution in [0, 0.1) is 5.82 Å². The number of aliphatic hydroxyl groups is 1. The fraction of sp³-hybridized carbons (Fsp3) is 0.364. The minimum atomic E-state index is -0.442. The normalized spacial score (nSPS) is 22.6. The number of rotatable bonds is 3. The van der Waals surface area contributed by atoms with E-state index in [1.165, 1.54) is 26.0 Å². The van der Waals surface area contributed by atoms with Gasteiger partial charge in [-0.2, -0.15) is 0 Å². The molecule has 2 aliphatic rings. The fourth-order valence-electron chi connectivity index (χ4n) is 4.88. The molecule has 0 radical (unpaired) electrons. The number of carbonyl (C=O) groups excluding carboxylic acids is 2. The molecule has 0 saturated carbocycles. The molecule has 2 aromatic rings. The molecule has 1 N–H and O–H groups in total. The average molecular weight is 382 g/mol. The monoisotopic (exact) mass is 382 g/mol. The van der Waals surface area contributed by atoms with Crippen LogP contribution in [0.4, 0.5) is 4.39 Å². The number of hydrogen-bond donors (Lipinski definition) is 1. The Labute approximate surface area is 163 Å². The van der Waals surface area contributed by atoms with Gasteiger partial charge in [0, 0.05) is 32.9 Å². The molecular formula is C22H23FN2O3. The van der Waals surface area contributed by atoms with E-state index >= 15 is 0 Å². The fourth-order valence-corrected chi connectivity index (χ4v) is 4.88. The Balaban J connectivity index is 1.63. The minimum Gasteiger partial charge on any atom is -0.394 e. The summed E-state index contributed by atoms with van der Waals surface area (Å²) in [6.07, 6.45) is 0. The first-order valence-corrected chi connectivity index (χ1v) is 9.39. The van der Waals surface area contributed by atoms with Gasteiger partial charge < -0.3 is 14.9 Å². The van der Waals surface area contributed by atoms with Crippen LogP contribution in [0.2, 0.25) is 0 Å².